The Kier molecular flexibility index (Phi) is 5.94. The molecule has 0 atom stereocenters. The van der Waals surface area contributed by atoms with Gasteiger partial charge >= 0.3 is 0 Å². The van der Waals surface area contributed by atoms with E-state index >= 15 is 0 Å². The van der Waals surface area contributed by atoms with Crippen molar-refractivity contribution in [3.63, 3.8) is 0 Å². The minimum Gasteiger partial charge on any atom is -0.495 e. The number of para-hydroxylation sites is 2. The third kappa shape index (κ3) is 4.22. The molecular formula is C14H20N2O2. The summed E-state index contributed by atoms with van der Waals surface area (Å²) in [7, 11) is 1.58. The Balaban J connectivity index is 2.61. The van der Waals surface area contributed by atoms with E-state index in [-0.39, 0.29) is 5.91 Å². The van der Waals surface area contributed by atoms with E-state index in [4.69, 9.17) is 4.74 Å². The number of hydrogen-bond acceptors (Lipinski definition) is 3. The Bertz CT molecular complexity index is 405. The van der Waals surface area contributed by atoms with Crippen LogP contribution in [-0.4, -0.2) is 37.6 Å². The molecule has 0 radical (unpaired) electrons. The van der Waals surface area contributed by atoms with Gasteiger partial charge in [0.25, 0.3) is 0 Å². The van der Waals surface area contributed by atoms with E-state index < -0.39 is 0 Å². The van der Waals surface area contributed by atoms with Crippen LogP contribution < -0.4 is 10.1 Å². The van der Waals surface area contributed by atoms with E-state index in [1.54, 1.807) is 13.2 Å². The normalized spacial score (nSPS) is 10.2. The average Bonchev–Trinajstić information content (AvgIpc) is 2.38. The highest BCUT2D eigenvalue weighted by Crippen LogP contribution is 2.22. The zero-order chi connectivity index (χ0) is 13.4. The number of nitrogens with zero attached hydrogens (tertiary/aromatic N) is 1. The monoisotopic (exact) mass is 248 g/mol. The minimum absolute atomic E-state index is 0.0526. The van der Waals surface area contributed by atoms with Gasteiger partial charge in [0.2, 0.25) is 5.91 Å². The van der Waals surface area contributed by atoms with Gasteiger partial charge in [-0.15, -0.1) is 6.58 Å². The Morgan fingerprint density at radius 2 is 2.22 bits per heavy atom. The molecule has 0 saturated heterocycles. The smallest absolute Gasteiger partial charge is 0.238 e. The molecule has 0 aliphatic heterocycles. The maximum absolute atomic E-state index is 11.9. The number of nitrogens with one attached hydrogen (secondary N) is 1. The summed E-state index contributed by atoms with van der Waals surface area (Å²) in [6.07, 6.45) is 1.79. The SMILES string of the molecule is C=CCN(CC)CC(=O)Nc1ccccc1OC. The Labute approximate surface area is 108 Å². The van der Waals surface area contributed by atoms with Crippen LogP contribution in [0.1, 0.15) is 6.92 Å². The number of anilines is 1. The largest absolute Gasteiger partial charge is 0.495 e. The summed E-state index contributed by atoms with van der Waals surface area (Å²) >= 11 is 0. The van der Waals surface area contributed by atoms with Crippen molar-refractivity contribution >= 4 is 11.6 Å². The molecule has 0 spiro atoms. The van der Waals surface area contributed by atoms with Crippen LogP contribution in [0.25, 0.3) is 0 Å². The second-order valence-corrected chi connectivity index (χ2v) is 3.86. The lowest BCUT2D eigenvalue weighted by atomic mass is 10.3. The first-order chi connectivity index (χ1) is 8.71. The van der Waals surface area contributed by atoms with Crippen molar-refractivity contribution < 1.29 is 9.53 Å². The first-order valence-corrected chi connectivity index (χ1v) is 5.97. The van der Waals surface area contributed by atoms with Crippen molar-refractivity contribution in [3.05, 3.63) is 36.9 Å². The molecule has 0 unspecified atom stereocenters. The molecule has 0 bridgehead atoms. The highest BCUT2D eigenvalue weighted by Gasteiger charge is 2.10. The van der Waals surface area contributed by atoms with Crippen molar-refractivity contribution in [2.75, 3.05) is 32.1 Å². The van der Waals surface area contributed by atoms with Crippen LogP contribution in [0.5, 0.6) is 5.75 Å². The molecule has 0 saturated carbocycles. The van der Waals surface area contributed by atoms with Gasteiger partial charge in [0.1, 0.15) is 5.75 Å². The third-order valence-electron chi connectivity index (χ3n) is 2.58. The molecule has 1 amide bonds. The molecule has 0 aliphatic rings. The summed E-state index contributed by atoms with van der Waals surface area (Å²) in [6.45, 7) is 7.55. The summed E-state index contributed by atoms with van der Waals surface area (Å²) < 4.78 is 5.18. The highest BCUT2D eigenvalue weighted by molar-refractivity contribution is 5.93. The van der Waals surface area contributed by atoms with Crippen LogP contribution in [-0.2, 0) is 4.79 Å². The number of carbonyl (C=O) groups is 1. The number of hydrogen-bond donors (Lipinski definition) is 1. The number of likely N-dealkylation sites (N-methyl/N-ethyl adjacent to an activating group) is 1. The van der Waals surface area contributed by atoms with Crippen LogP contribution in [0, 0.1) is 0 Å². The molecule has 0 aromatic heterocycles. The van der Waals surface area contributed by atoms with Crippen LogP contribution in [0.4, 0.5) is 5.69 Å². The van der Waals surface area contributed by atoms with Crippen molar-refractivity contribution in [2.24, 2.45) is 0 Å². The van der Waals surface area contributed by atoms with E-state index in [0.717, 1.165) is 6.54 Å². The Morgan fingerprint density at radius 1 is 1.50 bits per heavy atom. The lowest BCUT2D eigenvalue weighted by Gasteiger charge is -2.18. The van der Waals surface area contributed by atoms with E-state index in [0.29, 0.717) is 24.5 Å². The fourth-order valence-electron chi connectivity index (χ4n) is 1.63. The van der Waals surface area contributed by atoms with Gasteiger partial charge in [-0.05, 0) is 18.7 Å². The number of benzene rings is 1. The molecular weight excluding hydrogens is 228 g/mol. The standard InChI is InChI=1S/C14H20N2O2/c1-4-10-16(5-2)11-14(17)15-12-8-6-7-9-13(12)18-3/h4,6-9H,1,5,10-11H2,2-3H3,(H,15,17). The molecule has 1 N–H and O–H groups in total. The molecule has 4 heteroatoms. The molecule has 1 aromatic carbocycles. The quantitative estimate of drug-likeness (QED) is 0.752. The van der Waals surface area contributed by atoms with Crippen LogP contribution in [0.15, 0.2) is 36.9 Å². The fourth-order valence-corrected chi connectivity index (χ4v) is 1.63. The summed E-state index contributed by atoms with van der Waals surface area (Å²) in [5.41, 5.74) is 0.694. The van der Waals surface area contributed by atoms with Gasteiger partial charge in [0.15, 0.2) is 0 Å². The van der Waals surface area contributed by atoms with Crippen molar-refractivity contribution in [1.29, 1.82) is 0 Å². The molecule has 98 valence electrons. The number of carbonyl (C=O) groups excluding carboxylic acids is 1. The maximum Gasteiger partial charge on any atom is 0.238 e. The van der Waals surface area contributed by atoms with Gasteiger partial charge in [-0.2, -0.15) is 0 Å². The zero-order valence-electron chi connectivity index (χ0n) is 11.0. The van der Waals surface area contributed by atoms with E-state index in [1.165, 1.54) is 0 Å². The van der Waals surface area contributed by atoms with Crippen molar-refractivity contribution in [3.8, 4) is 5.75 Å². The number of rotatable bonds is 7. The van der Waals surface area contributed by atoms with E-state index in [2.05, 4.69) is 11.9 Å². The minimum atomic E-state index is -0.0526. The van der Waals surface area contributed by atoms with Crippen LogP contribution in [0.3, 0.4) is 0 Å². The summed E-state index contributed by atoms with van der Waals surface area (Å²) in [6, 6.07) is 7.36. The molecule has 4 nitrogen and oxygen atoms in total. The van der Waals surface area contributed by atoms with Gasteiger partial charge < -0.3 is 10.1 Å². The first-order valence-electron chi connectivity index (χ1n) is 5.97. The summed E-state index contributed by atoms with van der Waals surface area (Å²) in [5.74, 6) is 0.612. The molecule has 0 heterocycles. The van der Waals surface area contributed by atoms with E-state index in [1.807, 2.05) is 36.1 Å². The first kappa shape index (κ1) is 14.3. The number of methoxy groups -OCH3 is 1. The van der Waals surface area contributed by atoms with Crippen molar-refractivity contribution in [2.45, 2.75) is 6.92 Å². The summed E-state index contributed by atoms with van der Waals surface area (Å²) in [5, 5.41) is 2.84. The molecule has 1 aromatic rings. The van der Waals surface area contributed by atoms with Crippen LogP contribution in [0.2, 0.25) is 0 Å². The predicted molar refractivity (Wildman–Crippen MR) is 73.9 cm³/mol. The second kappa shape index (κ2) is 7.50. The van der Waals surface area contributed by atoms with Crippen molar-refractivity contribution in [1.82, 2.24) is 4.90 Å². The zero-order valence-corrected chi connectivity index (χ0v) is 11.0. The van der Waals surface area contributed by atoms with Gasteiger partial charge in [0.05, 0.1) is 19.3 Å². The van der Waals surface area contributed by atoms with Crippen LogP contribution >= 0.6 is 0 Å². The highest BCUT2D eigenvalue weighted by atomic mass is 16.5. The Morgan fingerprint density at radius 3 is 2.83 bits per heavy atom. The van der Waals surface area contributed by atoms with Gasteiger partial charge in [-0.25, -0.2) is 0 Å². The van der Waals surface area contributed by atoms with Gasteiger partial charge in [-0.3, -0.25) is 9.69 Å². The topological polar surface area (TPSA) is 41.6 Å². The lowest BCUT2D eigenvalue weighted by Crippen LogP contribution is -2.33. The maximum atomic E-state index is 11.9. The van der Waals surface area contributed by atoms with Gasteiger partial charge in [-0.1, -0.05) is 25.1 Å². The van der Waals surface area contributed by atoms with Gasteiger partial charge in [0, 0.05) is 6.54 Å². The fraction of sp³-hybridized carbons (Fsp3) is 0.357. The number of ether oxygens (including phenoxy) is 1. The molecule has 0 aliphatic carbocycles. The third-order valence-corrected chi connectivity index (χ3v) is 2.58. The van der Waals surface area contributed by atoms with E-state index in [9.17, 15) is 4.79 Å². The summed E-state index contributed by atoms with van der Waals surface area (Å²) in [4.78, 5) is 13.9. The second-order valence-electron chi connectivity index (χ2n) is 3.86. The lowest BCUT2D eigenvalue weighted by molar-refractivity contribution is -0.117. The Hall–Kier alpha value is -1.81. The average molecular weight is 248 g/mol. The predicted octanol–water partition coefficient (Wildman–Crippen LogP) is 2.14. The molecule has 0 fully saturated rings. The molecule has 1 rings (SSSR count). The number of amides is 1. The molecule has 18 heavy (non-hydrogen) atoms.